The highest BCUT2D eigenvalue weighted by Gasteiger charge is 2.40. The first-order chi connectivity index (χ1) is 26.0. The largest absolute Gasteiger partial charge is 0.490 e. The van der Waals surface area contributed by atoms with Gasteiger partial charge >= 0.3 is 6.61 Å². The second-order valence-corrected chi connectivity index (χ2v) is 14.4. The van der Waals surface area contributed by atoms with Crippen LogP contribution in [0.15, 0.2) is 42.7 Å². The fraction of sp³-hybridized carbons (Fsp3) is 0.447. The van der Waals surface area contributed by atoms with Crippen molar-refractivity contribution < 1.29 is 41.8 Å². The van der Waals surface area contributed by atoms with E-state index in [1.807, 2.05) is 0 Å². The van der Waals surface area contributed by atoms with Crippen molar-refractivity contribution in [3.8, 4) is 11.5 Å². The number of piperidine rings is 2. The molecule has 2 fully saturated rings. The fourth-order valence-electron chi connectivity index (χ4n) is 7.21. The maximum Gasteiger partial charge on any atom is 0.387 e. The Kier molecular flexibility index (Phi) is 13.0. The van der Waals surface area contributed by atoms with E-state index >= 15 is 4.39 Å². The molecule has 11 nitrogen and oxygen atoms in total. The van der Waals surface area contributed by atoms with Crippen LogP contribution in [0, 0.1) is 5.82 Å². The lowest BCUT2D eigenvalue weighted by Crippen LogP contribution is -2.52. The number of halogens is 5. The van der Waals surface area contributed by atoms with Gasteiger partial charge in [-0.25, -0.2) is 4.39 Å². The van der Waals surface area contributed by atoms with Crippen molar-refractivity contribution in [2.45, 2.75) is 82.9 Å². The number of rotatable bonds is 15. The number of nitrogens with one attached hydrogen (secondary N) is 2. The first-order valence-electron chi connectivity index (χ1n) is 18.0. The van der Waals surface area contributed by atoms with Crippen LogP contribution in [-0.2, 0) is 16.1 Å². The van der Waals surface area contributed by atoms with Gasteiger partial charge in [0.15, 0.2) is 11.5 Å². The Bertz CT molecular complexity index is 1870. The summed E-state index contributed by atoms with van der Waals surface area (Å²) in [6.45, 7) is -0.0248. The van der Waals surface area contributed by atoms with Crippen LogP contribution in [0.5, 0.6) is 11.5 Å². The maximum absolute atomic E-state index is 15.3. The minimum Gasteiger partial charge on any atom is -0.490 e. The zero-order valence-corrected chi connectivity index (χ0v) is 30.9. The van der Waals surface area contributed by atoms with Crippen LogP contribution >= 0.6 is 23.2 Å². The van der Waals surface area contributed by atoms with Gasteiger partial charge in [0.2, 0.25) is 11.8 Å². The third-order valence-corrected chi connectivity index (χ3v) is 10.6. The minimum atomic E-state index is -3.07. The first kappa shape index (κ1) is 39.3. The molecule has 2 aromatic carbocycles. The van der Waals surface area contributed by atoms with Crippen molar-refractivity contribution in [1.82, 2.24) is 20.1 Å². The van der Waals surface area contributed by atoms with Gasteiger partial charge in [-0.2, -0.15) is 8.78 Å². The highest BCUT2D eigenvalue weighted by molar-refractivity contribution is 6.39. The number of carbonyl (C=O) groups is 4. The lowest BCUT2D eigenvalue weighted by Gasteiger charge is -2.32. The summed E-state index contributed by atoms with van der Waals surface area (Å²) in [5.41, 5.74) is 1.91. The van der Waals surface area contributed by atoms with Gasteiger partial charge in [0.1, 0.15) is 11.9 Å². The molecule has 0 radical (unpaired) electrons. The molecule has 3 aliphatic heterocycles. The molecule has 2 saturated heterocycles. The molecule has 1 atom stereocenters. The van der Waals surface area contributed by atoms with E-state index in [-0.39, 0.29) is 82.1 Å². The topological polar surface area (TPSA) is 130 Å². The molecule has 1 unspecified atom stereocenters. The van der Waals surface area contributed by atoms with Crippen molar-refractivity contribution in [3.63, 3.8) is 0 Å². The summed E-state index contributed by atoms with van der Waals surface area (Å²) in [6, 6.07) is 6.27. The Morgan fingerprint density at radius 3 is 2.41 bits per heavy atom. The maximum atomic E-state index is 15.3. The van der Waals surface area contributed by atoms with Gasteiger partial charge in [0, 0.05) is 36.5 Å². The average Bonchev–Trinajstić information content (AvgIpc) is 3.45. The summed E-state index contributed by atoms with van der Waals surface area (Å²) in [6.07, 6.45) is 9.12. The quantitative estimate of drug-likeness (QED) is 0.121. The molecule has 54 heavy (non-hydrogen) atoms. The predicted molar refractivity (Wildman–Crippen MR) is 195 cm³/mol. The Morgan fingerprint density at radius 1 is 0.963 bits per heavy atom. The SMILES string of the molecule is O=C1CCC(N2Cc3cc(C4CCN(CCCCCCCOc5cc(C(=O)Nc6c(Cl)cncc6Cl)ccc5OC(F)F)CC4)c(F)cc3C2=O)C(=O)N1. The van der Waals surface area contributed by atoms with E-state index in [4.69, 9.17) is 27.9 Å². The number of pyridine rings is 1. The number of nitrogens with zero attached hydrogens (tertiary/aromatic N) is 3. The van der Waals surface area contributed by atoms with E-state index in [1.54, 1.807) is 6.07 Å². The number of ether oxygens (including phenoxy) is 2. The lowest BCUT2D eigenvalue weighted by atomic mass is 9.87. The molecule has 2 N–H and O–H groups in total. The molecule has 3 aromatic rings. The van der Waals surface area contributed by atoms with Crippen LogP contribution in [0.3, 0.4) is 0 Å². The number of anilines is 1. The Morgan fingerprint density at radius 2 is 1.69 bits per heavy atom. The van der Waals surface area contributed by atoms with E-state index < -0.39 is 30.3 Å². The van der Waals surface area contributed by atoms with Crippen LogP contribution in [0.2, 0.25) is 10.0 Å². The molecule has 6 rings (SSSR count). The number of carbonyl (C=O) groups excluding carboxylic acids is 4. The number of unbranched alkanes of at least 4 members (excludes halogenated alkanes) is 4. The Hall–Kier alpha value is -4.40. The molecule has 16 heteroatoms. The number of hydrogen-bond donors (Lipinski definition) is 2. The number of hydrogen-bond acceptors (Lipinski definition) is 8. The molecular weight excluding hydrogens is 750 g/mol. The molecule has 0 saturated carbocycles. The van der Waals surface area contributed by atoms with Gasteiger partial charge in [-0.3, -0.25) is 29.5 Å². The predicted octanol–water partition coefficient (Wildman–Crippen LogP) is 7.35. The van der Waals surface area contributed by atoms with Crippen LogP contribution in [-0.4, -0.2) is 77.3 Å². The molecular formula is C38H40Cl2F3N5O6. The molecule has 0 bridgehead atoms. The zero-order chi connectivity index (χ0) is 38.4. The van der Waals surface area contributed by atoms with E-state index in [9.17, 15) is 28.0 Å². The van der Waals surface area contributed by atoms with Crippen molar-refractivity contribution in [2.75, 3.05) is 31.6 Å². The zero-order valence-electron chi connectivity index (χ0n) is 29.4. The van der Waals surface area contributed by atoms with Gasteiger partial charge in [-0.05, 0) is 93.0 Å². The summed E-state index contributed by atoms with van der Waals surface area (Å²) >= 11 is 12.2. The van der Waals surface area contributed by atoms with E-state index in [1.165, 1.54) is 41.6 Å². The lowest BCUT2D eigenvalue weighted by molar-refractivity contribution is -0.136. The highest BCUT2D eigenvalue weighted by atomic mass is 35.5. The highest BCUT2D eigenvalue weighted by Crippen LogP contribution is 2.36. The van der Waals surface area contributed by atoms with Crippen LogP contribution < -0.4 is 20.1 Å². The summed E-state index contributed by atoms with van der Waals surface area (Å²) in [5.74, 6) is -2.33. The van der Waals surface area contributed by atoms with Crippen molar-refractivity contribution in [2.24, 2.45) is 0 Å². The van der Waals surface area contributed by atoms with E-state index in [2.05, 4.69) is 25.3 Å². The summed E-state index contributed by atoms with van der Waals surface area (Å²) in [4.78, 5) is 57.5. The van der Waals surface area contributed by atoms with E-state index in [0.717, 1.165) is 58.2 Å². The Balaban J connectivity index is 0.905. The summed E-state index contributed by atoms with van der Waals surface area (Å²) < 4.78 is 51.8. The normalized spacial score (nSPS) is 17.9. The van der Waals surface area contributed by atoms with Gasteiger partial charge in [0.05, 0.1) is 22.3 Å². The van der Waals surface area contributed by atoms with Crippen LogP contribution in [0.1, 0.15) is 95.5 Å². The fourth-order valence-corrected chi connectivity index (χ4v) is 7.67. The molecule has 0 aliphatic carbocycles. The van der Waals surface area contributed by atoms with Crippen LogP contribution in [0.25, 0.3) is 0 Å². The monoisotopic (exact) mass is 789 g/mol. The third kappa shape index (κ3) is 9.45. The number of alkyl halides is 2. The van der Waals surface area contributed by atoms with E-state index in [0.29, 0.717) is 17.5 Å². The average molecular weight is 791 g/mol. The molecule has 4 heterocycles. The molecule has 0 spiro atoms. The smallest absolute Gasteiger partial charge is 0.387 e. The summed E-state index contributed by atoms with van der Waals surface area (Å²) in [7, 11) is 0. The minimum absolute atomic E-state index is 0.0146. The first-order valence-corrected chi connectivity index (χ1v) is 18.8. The standard InChI is InChI=1S/C38H40Cl2F3N5O6/c39-27-19-44-20-28(40)34(27)46-35(50)23-6-8-31(54-38(42)43)32(17-23)53-15-5-3-1-2-4-12-47-13-10-22(11-14-47)25-16-24-21-48(37(52)26(24)18-29(25)41)30-7-9-33(49)45-36(30)51/h6,8,16-20,22,30,38H,1-5,7,9-15,21H2,(H,44,46,50)(H,45,49,51). The Labute approximate surface area is 320 Å². The number of likely N-dealkylation sites (tertiary alicyclic amines) is 1. The van der Waals surface area contributed by atoms with Gasteiger partial charge in [0.25, 0.3) is 11.8 Å². The van der Waals surface area contributed by atoms with Crippen molar-refractivity contribution >= 4 is 52.5 Å². The van der Waals surface area contributed by atoms with Crippen molar-refractivity contribution in [3.05, 3.63) is 80.8 Å². The van der Waals surface area contributed by atoms with Gasteiger partial charge in [-0.15, -0.1) is 0 Å². The molecule has 4 amide bonds. The van der Waals surface area contributed by atoms with Crippen molar-refractivity contribution in [1.29, 1.82) is 0 Å². The molecule has 1 aromatic heterocycles. The summed E-state index contributed by atoms with van der Waals surface area (Å²) in [5, 5.41) is 5.17. The number of fused-ring (bicyclic) bond motifs is 1. The third-order valence-electron chi connectivity index (χ3n) is 10.1. The number of aromatic nitrogens is 1. The van der Waals surface area contributed by atoms with Gasteiger partial charge in [-0.1, -0.05) is 48.5 Å². The number of amides is 4. The van der Waals surface area contributed by atoms with Gasteiger partial charge < -0.3 is 24.6 Å². The van der Waals surface area contributed by atoms with Crippen LogP contribution in [0.4, 0.5) is 18.9 Å². The number of benzene rings is 2. The molecule has 288 valence electrons. The number of imide groups is 1. The molecule has 3 aliphatic rings. The second kappa shape index (κ2) is 17.8. The second-order valence-electron chi connectivity index (χ2n) is 13.6.